The molecule has 126 valence electrons. The molecule has 0 N–H and O–H groups in total. The van der Waals surface area contributed by atoms with Gasteiger partial charge in [-0.25, -0.2) is 4.98 Å². The van der Waals surface area contributed by atoms with Crippen LogP contribution in [0.1, 0.15) is 5.89 Å². The molecule has 7 nitrogen and oxygen atoms in total. The minimum absolute atomic E-state index is 0.114. The standard InChI is InChI=1S/C16H15NO6S/c1-10-17-13-6-4-12(8-15(13)22-10)23-24(18,19)16-9-11(20-2)5-7-14(16)21-3/h4-9H,1-3H3. The number of benzene rings is 2. The van der Waals surface area contributed by atoms with Crippen LogP contribution in [0.5, 0.6) is 17.2 Å². The summed E-state index contributed by atoms with van der Waals surface area (Å²) in [6.07, 6.45) is 0. The Balaban J connectivity index is 2.00. The van der Waals surface area contributed by atoms with Crippen molar-refractivity contribution in [2.45, 2.75) is 11.8 Å². The Bertz CT molecular complexity index is 993. The van der Waals surface area contributed by atoms with E-state index in [2.05, 4.69) is 4.98 Å². The van der Waals surface area contributed by atoms with E-state index in [-0.39, 0.29) is 16.4 Å². The Labute approximate surface area is 138 Å². The Morgan fingerprint density at radius 1 is 1.00 bits per heavy atom. The number of oxazole rings is 1. The molecule has 0 aliphatic rings. The predicted octanol–water partition coefficient (Wildman–Crippen LogP) is 2.92. The minimum atomic E-state index is -4.12. The summed E-state index contributed by atoms with van der Waals surface area (Å²) in [5, 5.41) is 0. The van der Waals surface area contributed by atoms with Crippen molar-refractivity contribution in [2.75, 3.05) is 14.2 Å². The van der Waals surface area contributed by atoms with E-state index in [1.165, 1.54) is 38.5 Å². The average Bonchev–Trinajstić information content (AvgIpc) is 2.93. The van der Waals surface area contributed by atoms with E-state index < -0.39 is 10.1 Å². The highest BCUT2D eigenvalue weighted by Gasteiger charge is 2.23. The summed E-state index contributed by atoms with van der Waals surface area (Å²) in [7, 11) is -1.29. The molecule has 1 heterocycles. The first-order valence-electron chi connectivity index (χ1n) is 6.96. The van der Waals surface area contributed by atoms with Gasteiger partial charge in [0.05, 0.1) is 14.2 Å². The molecule has 0 unspecified atom stereocenters. The molecule has 0 bridgehead atoms. The first kappa shape index (κ1) is 16.1. The van der Waals surface area contributed by atoms with Crippen LogP contribution in [0.15, 0.2) is 45.7 Å². The molecule has 0 saturated heterocycles. The molecule has 0 aliphatic heterocycles. The number of rotatable bonds is 5. The fraction of sp³-hybridized carbons (Fsp3) is 0.188. The topological polar surface area (TPSA) is 87.9 Å². The zero-order valence-corrected chi connectivity index (χ0v) is 14.1. The quantitative estimate of drug-likeness (QED) is 0.654. The maximum absolute atomic E-state index is 12.6. The van der Waals surface area contributed by atoms with Crippen molar-refractivity contribution >= 4 is 21.2 Å². The number of hydrogen-bond donors (Lipinski definition) is 0. The highest BCUT2D eigenvalue weighted by Crippen LogP contribution is 2.31. The second kappa shape index (κ2) is 6.04. The Kier molecular flexibility index (Phi) is 4.06. The van der Waals surface area contributed by atoms with Crippen molar-refractivity contribution in [1.29, 1.82) is 0 Å². The lowest BCUT2D eigenvalue weighted by Crippen LogP contribution is -2.11. The first-order chi connectivity index (χ1) is 11.4. The minimum Gasteiger partial charge on any atom is -0.497 e. The van der Waals surface area contributed by atoms with Crippen molar-refractivity contribution in [3.8, 4) is 17.2 Å². The maximum Gasteiger partial charge on any atom is 0.343 e. The molecule has 0 saturated carbocycles. The monoisotopic (exact) mass is 349 g/mol. The first-order valence-corrected chi connectivity index (χ1v) is 8.37. The molecule has 0 spiro atoms. The predicted molar refractivity (Wildman–Crippen MR) is 86.1 cm³/mol. The molecule has 0 amide bonds. The summed E-state index contributed by atoms with van der Waals surface area (Å²) in [6, 6.07) is 9.04. The average molecular weight is 349 g/mol. The summed E-state index contributed by atoms with van der Waals surface area (Å²) in [6.45, 7) is 1.71. The van der Waals surface area contributed by atoms with E-state index in [4.69, 9.17) is 18.1 Å². The van der Waals surface area contributed by atoms with Crippen LogP contribution in [0.4, 0.5) is 0 Å². The lowest BCUT2D eigenvalue weighted by atomic mass is 10.3. The molecule has 1 aromatic heterocycles. The van der Waals surface area contributed by atoms with Crippen LogP contribution in [0.25, 0.3) is 11.1 Å². The van der Waals surface area contributed by atoms with Crippen molar-refractivity contribution < 1.29 is 26.5 Å². The Morgan fingerprint density at radius 2 is 1.75 bits per heavy atom. The number of aryl methyl sites for hydroxylation is 1. The SMILES string of the molecule is COc1ccc(OC)c(S(=O)(=O)Oc2ccc3nc(C)oc3c2)c1. The summed E-state index contributed by atoms with van der Waals surface area (Å²) < 4.78 is 45.9. The molecule has 3 rings (SSSR count). The van der Waals surface area contributed by atoms with Crippen molar-refractivity contribution in [3.63, 3.8) is 0 Å². The van der Waals surface area contributed by atoms with Gasteiger partial charge in [-0.05, 0) is 24.3 Å². The van der Waals surface area contributed by atoms with Crippen LogP contribution in [0, 0.1) is 6.92 Å². The van der Waals surface area contributed by atoms with Crippen LogP contribution >= 0.6 is 0 Å². The van der Waals surface area contributed by atoms with E-state index in [0.29, 0.717) is 22.7 Å². The van der Waals surface area contributed by atoms with Gasteiger partial charge in [0, 0.05) is 19.1 Å². The smallest absolute Gasteiger partial charge is 0.343 e. The second-order valence-corrected chi connectivity index (χ2v) is 6.43. The molecule has 8 heteroatoms. The van der Waals surface area contributed by atoms with Gasteiger partial charge in [-0.2, -0.15) is 8.42 Å². The van der Waals surface area contributed by atoms with Gasteiger partial charge in [0.1, 0.15) is 22.8 Å². The third-order valence-corrected chi connectivity index (χ3v) is 4.58. The summed E-state index contributed by atoms with van der Waals surface area (Å²) in [5.74, 6) is 1.13. The van der Waals surface area contributed by atoms with E-state index in [1.807, 2.05) is 0 Å². The molecule has 0 atom stereocenters. The summed E-state index contributed by atoms with van der Waals surface area (Å²) in [4.78, 5) is 4.02. The van der Waals surface area contributed by atoms with E-state index in [9.17, 15) is 8.42 Å². The Hall–Kier alpha value is -2.74. The number of ether oxygens (including phenoxy) is 2. The number of methoxy groups -OCH3 is 2. The molecular weight excluding hydrogens is 334 g/mol. The van der Waals surface area contributed by atoms with Gasteiger partial charge >= 0.3 is 10.1 Å². The molecule has 0 fully saturated rings. The number of aromatic nitrogens is 1. The van der Waals surface area contributed by atoms with Crippen molar-refractivity contribution in [3.05, 3.63) is 42.3 Å². The van der Waals surface area contributed by atoms with E-state index in [1.54, 1.807) is 19.1 Å². The largest absolute Gasteiger partial charge is 0.497 e. The normalized spacial score (nSPS) is 11.5. The molecule has 0 radical (unpaired) electrons. The van der Waals surface area contributed by atoms with Gasteiger partial charge in [-0.3, -0.25) is 0 Å². The zero-order valence-electron chi connectivity index (χ0n) is 13.3. The highest BCUT2D eigenvalue weighted by atomic mass is 32.2. The number of hydrogen-bond acceptors (Lipinski definition) is 7. The van der Waals surface area contributed by atoms with Crippen molar-refractivity contribution in [1.82, 2.24) is 4.98 Å². The van der Waals surface area contributed by atoms with Crippen LogP contribution in [-0.4, -0.2) is 27.6 Å². The van der Waals surface area contributed by atoms with Gasteiger partial charge in [0.15, 0.2) is 16.4 Å². The summed E-state index contributed by atoms with van der Waals surface area (Å²) >= 11 is 0. The van der Waals surface area contributed by atoms with Crippen LogP contribution in [0.2, 0.25) is 0 Å². The maximum atomic E-state index is 12.6. The molecular formula is C16H15NO6S. The second-order valence-electron chi connectivity index (χ2n) is 4.92. The van der Waals surface area contributed by atoms with Gasteiger partial charge in [-0.1, -0.05) is 0 Å². The van der Waals surface area contributed by atoms with Gasteiger partial charge < -0.3 is 18.1 Å². The molecule has 2 aromatic carbocycles. The van der Waals surface area contributed by atoms with E-state index in [0.717, 1.165) is 0 Å². The lowest BCUT2D eigenvalue weighted by Gasteiger charge is -2.11. The third-order valence-electron chi connectivity index (χ3n) is 3.31. The fourth-order valence-corrected chi connectivity index (χ4v) is 3.33. The van der Waals surface area contributed by atoms with Crippen molar-refractivity contribution in [2.24, 2.45) is 0 Å². The fourth-order valence-electron chi connectivity index (χ4n) is 2.22. The molecule has 3 aromatic rings. The number of nitrogens with zero attached hydrogens (tertiary/aromatic N) is 1. The molecule has 24 heavy (non-hydrogen) atoms. The van der Waals surface area contributed by atoms with Crippen LogP contribution in [-0.2, 0) is 10.1 Å². The van der Waals surface area contributed by atoms with Gasteiger partial charge in [0.2, 0.25) is 0 Å². The van der Waals surface area contributed by atoms with Crippen LogP contribution in [0.3, 0.4) is 0 Å². The van der Waals surface area contributed by atoms with Crippen LogP contribution < -0.4 is 13.7 Å². The lowest BCUT2D eigenvalue weighted by molar-refractivity contribution is 0.388. The zero-order chi connectivity index (χ0) is 17.3. The summed E-state index contributed by atoms with van der Waals surface area (Å²) in [5.41, 5.74) is 1.06. The molecule has 0 aliphatic carbocycles. The highest BCUT2D eigenvalue weighted by molar-refractivity contribution is 7.87. The van der Waals surface area contributed by atoms with Gasteiger partial charge in [0.25, 0.3) is 0 Å². The van der Waals surface area contributed by atoms with Gasteiger partial charge in [-0.15, -0.1) is 0 Å². The Morgan fingerprint density at radius 3 is 2.46 bits per heavy atom. The number of fused-ring (bicyclic) bond motifs is 1. The third kappa shape index (κ3) is 3.00. The van der Waals surface area contributed by atoms with E-state index >= 15 is 0 Å².